The van der Waals surface area contributed by atoms with Gasteiger partial charge in [-0.15, -0.1) is 0 Å². The van der Waals surface area contributed by atoms with E-state index >= 15 is 0 Å². The van der Waals surface area contributed by atoms with Gasteiger partial charge in [-0.3, -0.25) is 0 Å². The summed E-state index contributed by atoms with van der Waals surface area (Å²) in [4.78, 5) is 2.07. The van der Waals surface area contributed by atoms with E-state index in [4.69, 9.17) is 0 Å². The third-order valence-electron chi connectivity index (χ3n) is 3.81. The van der Waals surface area contributed by atoms with Crippen LogP contribution in [0.1, 0.15) is 25.8 Å². The second-order valence-electron chi connectivity index (χ2n) is 5.31. The molecular formula is C15H23FN2O. The number of rotatable bonds is 4. The van der Waals surface area contributed by atoms with Crippen molar-refractivity contribution in [3.05, 3.63) is 29.6 Å². The van der Waals surface area contributed by atoms with Crippen LogP contribution in [0.4, 0.5) is 10.1 Å². The fourth-order valence-electron chi connectivity index (χ4n) is 2.65. The Bertz CT molecular complexity index is 425. The number of halogens is 1. The molecule has 2 atom stereocenters. The average Bonchev–Trinajstić information content (AvgIpc) is 2.40. The molecule has 1 aromatic rings. The van der Waals surface area contributed by atoms with Crippen LogP contribution in [0, 0.1) is 11.7 Å². The quantitative estimate of drug-likeness (QED) is 0.876. The van der Waals surface area contributed by atoms with Crippen molar-refractivity contribution in [2.45, 2.75) is 32.9 Å². The van der Waals surface area contributed by atoms with Crippen molar-refractivity contribution >= 4 is 5.69 Å². The Morgan fingerprint density at radius 1 is 1.47 bits per heavy atom. The number of aliphatic hydroxyl groups is 1. The molecule has 1 heterocycles. The SMILES string of the molecule is CCNCc1cccc(F)c1N1CCC(O)C(C)C1. The minimum absolute atomic E-state index is 0.168. The van der Waals surface area contributed by atoms with Crippen LogP contribution in [0.25, 0.3) is 0 Å². The summed E-state index contributed by atoms with van der Waals surface area (Å²) in [7, 11) is 0. The first-order valence-corrected chi connectivity index (χ1v) is 7.04. The molecule has 19 heavy (non-hydrogen) atoms. The maximum Gasteiger partial charge on any atom is 0.146 e. The first-order valence-electron chi connectivity index (χ1n) is 7.04. The normalized spacial score (nSPS) is 23.7. The van der Waals surface area contributed by atoms with Crippen LogP contribution in [-0.4, -0.2) is 30.8 Å². The Kier molecular flexibility index (Phi) is 4.77. The van der Waals surface area contributed by atoms with Crippen molar-refractivity contribution in [1.29, 1.82) is 0 Å². The molecule has 0 aliphatic carbocycles. The van der Waals surface area contributed by atoms with E-state index in [0.29, 0.717) is 31.7 Å². The van der Waals surface area contributed by atoms with Crippen LogP contribution in [-0.2, 0) is 6.54 Å². The zero-order valence-electron chi connectivity index (χ0n) is 11.7. The van der Waals surface area contributed by atoms with E-state index < -0.39 is 0 Å². The highest BCUT2D eigenvalue weighted by Crippen LogP contribution is 2.29. The monoisotopic (exact) mass is 266 g/mol. The van der Waals surface area contributed by atoms with Crippen molar-refractivity contribution in [3.63, 3.8) is 0 Å². The number of benzene rings is 1. The summed E-state index contributed by atoms with van der Waals surface area (Å²) in [5.41, 5.74) is 1.69. The molecule has 2 rings (SSSR count). The topological polar surface area (TPSA) is 35.5 Å². The minimum atomic E-state index is -0.264. The summed E-state index contributed by atoms with van der Waals surface area (Å²) in [6, 6.07) is 5.24. The zero-order valence-corrected chi connectivity index (χ0v) is 11.7. The number of hydrogen-bond donors (Lipinski definition) is 2. The van der Waals surface area contributed by atoms with E-state index in [-0.39, 0.29) is 17.8 Å². The molecule has 0 spiro atoms. The number of para-hydroxylation sites is 1. The number of nitrogens with zero attached hydrogens (tertiary/aromatic N) is 1. The number of piperidine rings is 1. The molecular weight excluding hydrogens is 243 g/mol. The summed E-state index contributed by atoms with van der Waals surface area (Å²) in [6.45, 7) is 7.02. The van der Waals surface area contributed by atoms with Crippen LogP contribution in [0.3, 0.4) is 0 Å². The molecule has 1 fully saturated rings. The number of nitrogens with one attached hydrogen (secondary N) is 1. The Labute approximate surface area is 114 Å². The highest BCUT2D eigenvalue weighted by atomic mass is 19.1. The number of hydrogen-bond acceptors (Lipinski definition) is 3. The lowest BCUT2D eigenvalue weighted by molar-refractivity contribution is 0.0968. The standard InChI is InChI=1S/C15H23FN2O/c1-3-17-9-12-5-4-6-13(16)15(12)18-8-7-14(19)11(2)10-18/h4-6,11,14,17,19H,3,7-10H2,1-2H3. The molecule has 0 radical (unpaired) electrons. The molecule has 106 valence electrons. The second kappa shape index (κ2) is 6.35. The Morgan fingerprint density at radius 3 is 2.95 bits per heavy atom. The fraction of sp³-hybridized carbons (Fsp3) is 0.600. The molecule has 0 amide bonds. The van der Waals surface area contributed by atoms with Crippen LogP contribution >= 0.6 is 0 Å². The van der Waals surface area contributed by atoms with Crippen molar-refractivity contribution in [2.24, 2.45) is 5.92 Å². The predicted octanol–water partition coefficient (Wildman–Crippen LogP) is 2.14. The maximum absolute atomic E-state index is 14.2. The molecule has 4 heteroatoms. The Balaban J connectivity index is 2.22. The summed E-state index contributed by atoms with van der Waals surface area (Å²) >= 11 is 0. The van der Waals surface area contributed by atoms with Gasteiger partial charge in [0.1, 0.15) is 5.82 Å². The number of aliphatic hydroxyl groups excluding tert-OH is 1. The van der Waals surface area contributed by atoms with Gasteiger partial charge in [0.2, 0.25) is 0 Å². The van der Waals surface area contributed by atoms with Gasteiger partial charge < -0.3 is 15.3 Å². The van der Waals surface area contributed by atoms with E-state index in [1.807, 2.05) is 19.9 Å². The molecule has 1 saturated heterocycles. The van der Waals surface area contributed by atoms with Gasteiger partial charge in [-0.1, -0.05) is 26.0 Å². The van der Waals surface area contributed by atoms with Crippen LogP contribution in [0.2, 0.25) is 0 Å². The average molecular weight is 266 g/mol. The molecule has 1 aromatic carbocycles. The molecule has 2 unspecified atom stereocenters. The van der Waals surface area contributed by atoms with Gasteiger partial charge >= 0.3 is 0 Å². The smallest absolute Gasteiger partial charge is 0.146 e. The predicted molar refractivity (Wildman–Crippen MR) is 75.8 cm³/mol. The van der Waals surface area contributed by atoms with E-state index in [0.717, 1.165) is 12.1 Å². The molecule has 3 nitrogen and oxygen atoms in total. The fourth-order valence-corrected chi connectivity index (χ4v) is 2.65. The lowest BCUT2D eigenvalue weighted by Gasteiger charge is -2.37. The summed E-state index contributed by atoms with van der Waals surface area (Å²) in [6.07, 6.45) is 0.441. The number of anilines is 1. The molecule has 1 aliphatic heterocycles. The molecule has 0 bridgehead atoms. The molecule has 2 N–H and O–H groups in total. The van der Waals surface area contributed by atoms with E-state index in [1.54, 1.807) is 6.07 Å². The Morgan fingerprint density at radius 2 is 2.26 bits per heavy atom. The van der Waals surface area contributed by atoms with Gasteiger partial charge in [-0.25, -0.2) is 4.39 Å². The van der Waals surface area contributed by atoms with Gasteiger partial charge in [0.25, 0.3) is 0 Å². The minimum Gasteiger partial charge on any atom is -0.393 e. The van der Waals surface area contributed by atoms with Crippen molar-refractivity contribution in [1.82, 2.24) is 5.32 Å². The van der Waals surface area contributed by atoms with E-state index in [9.17, 15) is 9.50 Å². The van der Waals surface area contributed by atoms with E-state index in [2.05, 4.69) is 10.2 Å². The third-order valence-corrected chi connectivity index (χ3v) is 3.81. The molecule has 1 aliphatic rings. The molecule has 0 aromatic heterocycles. The zero-order chi connectivity index (χ0) is 13.8. The van der Waals surface area contributed by atoms with Crippen LogP contribution in [0.15, 0.2) is 18.2 Å². The largest absolute Gasteiger partial charge is 0.393 e. The van der Waals surface area contributed by atoms with Gasteiger partial charge in [0.15, 0.2) is 0 Å². The lowest BCUT2D eigenvalue weighted by Crippen LogP contribution is -2.42. The van der Waals surface area contributed by atoms with Crippen molar-refractivity contribution in [3.8, 4) is 0 Å². The highest BCUT2D eigenvalue weighted by molar-refractivity contribution is 5.55. The first kappa shape index (κ1) is 14.3. The van der Waals surface area contributed by atoms with Gasteiger partial charge in [0.05, 0.1) is 11.8 Å². The van der Waals surface area contributed by atoms with Gasteiger partial charge in [-0.2, -0.15) is 0 Å². The van der Waals surface area contributed by atoms with Crippen LogP contribution < -0.4 is 10.2 Å². The maximum atomic E-state index is 14.2. The summed E-state index contributed by atoms with van der Waals surface area (Å²) in [5, 5.41) is 13.0. The van der Waals surface area contributed by atoms with Crippen LogP contribution in [0.5, 0.6) is 0 Å². The van der Waals surface area contributed by atoms with Gasteiger partial charge in [0, 0.05) is 19.6 Å². The lowest BCUT2D eigenvalue weighted by atomic mass is 9.95. The summed E-state index contributed by atoms with van der Waals surface area (Å²) < 4.78 is 14.2. The van der Waals surface area contributed by atoms with E-state index in [1.165, 1.54) is 6.07 Å². The van der Waals surface area contributed by atoms with Gasteiger partial charge in [-0.05, 0) is 30.5 Å². The highest BCUT2D eigenvalue weighted by Gasteiger charge is 2.26. The van der Waals surface area contributed by atoms with Crippen molar-refractivity contribution < 1.29 is 9.50 Å². The van der Waals surface area contributed by atoms with Crippen molar-refractivity contribution in [2.75, 3.05) is 24.5 Å². The molecule has 0 saturated carbocycles. The summed E-state index contributed by atoms with van der Waals surface area (Å²) in [5.74, 6) is 0.0133. The third kappa shape index (κ3) is 3.25. The second-order valence-corrected chi connectivity index (χ2v) is 5.31. The first-order chi connectivity index (χ1) is 9.13. The Hall–Kier alpha value is -1.13.